The van der Waals surface area contributed by atoms with Gasteiger partial charge in [-0.3, -0.25) is 19.0 Å². The number of hydrogen-bond acceptors (Lipinski definition) is 7. The Hall–Kier alpha value is -3.50. The van der Waals surface area contributed by atoms with Crippen LogP contribution in [0.1, 0.15) is 29.7 Å². The van der Waals surface area contributed by atoms with Crippen molar-refractivity contribution in [2.24, 2.45) is 14.1 Å². The fourth-order valence-electron chi connectivity index (χ4n) is 4.18. The van der Waals surface area contributed by atoms with E-state index < -0.39 is 0 Å². The normalized spacial score (nSPS) is 12.6. The number of ether oxygens (including phenoxy) is 2. The Morgan fingerprint density at radius 1 is 1.15 bits per heavy atom. The first-order valence-corrected chi connectivity index (χ1v) is 11.2. The summed E-state index contributed by atoms with van der Waals surface area (Å²) in [6.45, 7) is 9.79. The van der Waals surface area contributed by atoms with Gasteiger partial charge < -0.3 is 9.47 Å². The van der Waals surface area contributed by atoms with E-state index in [1.54, 1.807) is 30.3 Å². The zero-order valence-corrected chi connectivity index (χ0v) is 20.7. The number of rotatable bonds is 10. The third kappa shape index (κ3) is 4.73. The lowest BCUT2D eigenvalue weighted by Gasteiger charge is -2.22. The smallest absolute Gasteiger partial charge is 0.221 e. The molecule has 1 unspecified atom stereocenters. The van der Waals surface area contributed by atoms with Crippen LogP contribution in [-0.2, 0) is 32.0 Å². The molecule has 4 heterocycles. The van der Waals surface area contributed by atoms with Crippen molar-refractivity contribution < 1.29 is 9.47 Å². The van der Waals surface area contributed by atoms with Crippen LogP contribution in [0.2, 0.25) is 0 Å². The summed E-state index contributed by atoms with van der Waals surface area (Å²) >= 11 is 0. The number of nitrogens with zero attached hydrogens (tertiary/aromatic N) is 8. The van der Waals surface area contributed by atoms with Gasteiger partial charge in [-0.1, -0.05) is 6.58 Å². The molecule has 0 amide bonds. The Morgan fingerprint density at radius 3 is 2.59 bits per heavy atom. The highest BCUT2D eigenvalue weighted by Gasteiger charge is 2.23. The Labute approximate surface area is 199 Å². The first-order chi connectivity index (χ1) is 16.3. The molecule has 4 rings (SSSR count). The van der Waals surface area contributed by atoms with Crippen molar-refractivity contribution in [1.82, 2.24) is 38.8 Å². The predicted octanol–water partition coefficient (Wildman–Crippen LogP) is 2.86. The molecule has 10 heteroatoms. The highest BCUT2D eigenvalue weighted by Crippen LogP contribution is 2.33. The molecule has 0 saturated carbocycles. The second-order valence-corrected chi connectivity index (χ2v) is 8.63. The third-order valence-corrected chi connectivity index (χ3v) is 5.64. The first-order valence-electron chi connectivity index (χ1n) is 11.2. The fraction of sp³-hybridized carbons (Fsp3) is 0.417. The topological polar surface area (TPSA) is 87.5 Å². The molecule has 0 N–H and O–H groups in total. The van der Waals surface area contributed by atoms with Gasteiger partial charge in [-0.15, -0.1) is 0 Å². The van der Waals surface area contributed by atoms with Crippen molar-refractivity contribution in [3.05, 3.63) is 54.1 Å². The van der Waals surface area contributed by atoms with E-state index in [0.29, 0.717) is 12.5 Å². The van der Waals surface area contributed by atoms with Gasteiger partial charge in [-0.2, -0.15) is 10.2 Å². The summed E-state index contributed by atoms with van der Waals surface area (Å²) in [6, 6.07) is 0. The Morgan fingerprint density at radius 2 is 1.91 bits per heavy atom. The molecule has 0 aliphatic rings. The summed E-state index contributed by atoms with van der Waals surface area (Å²) < 4.78 is 17.4. The van der Waals surface area contributed by atoms with Crippen LogP contribution in [0, 0.1) is 6.92 Å². The van der Waals surface area contributed by atoms with Crippen LogP contribution in [0.25, 0.3) is 22.9 Å². The molecule has 0 spiro atoms. The molecule has 0 radical (unpaired) electrons. The van der Waals surface area contributed by atoms with Gasteiger partial charge in [-0.05, 0) is 32.5 Å². The van der Waals surface area contributed by atoms with Gasteiger partial charge in [0.1, 0.15) is 17.6 Å². The van der Waals surface area contributed by atoms with Crippen LogP contribution in [0.15, 0.2) is 31.4 Å². The maximum atomic E-state index is 6.44. The third-order valence-electron chi connectivity index (χ3n) is 5.64. The summed E-state index contributed by atoms with van der Waals surface area (Å²) in [4.78, 5) is 11.3. The molecule has 0 saturated heterocycles. The molecule has 10 nitrogen and oxygen atoms in total. The van der Waals surface area contributed by atoms with E-state index in [9.17, 15) is 0 Å². The summed E-state index contributed by atoms with van der Waals surface area (Å²) in [5.41, 5.74) is 5.44. The van der Waals surface area contributed by atoms with Gasteiger partial charge in [0, 0.05) is 46.7 Å². The number of fused-ring (bicyclic) bond motifs is 1. The number of aromatic nitrogens is 7. The minimum Gasteiger partial charge on any atom is -0.473 e. The van der Waals surface area contributed by atoms with Gasteiger partial charge in [0.05, 0.1) is 41.5 Å². The van der Waals surface area contributed by atoms with E-state index in [-0.39, 0.29) is 6.10 Å². The Kier molecular flexibility index (Phi) is 6.80. The predicted molar refractivity (Wildman–Crippen MR) is 130 cm³/mol. The van der Waals surface area contributed by atoms with Gasteiger partial charge in [0.25, 0.3) is 0 Å². The molecule has 0 bridgehead atoms. The standard InChI is InChI=1S/C24H32N8O2/c1-8-22-26-10-18-9-25-20(14-32(18)22)23-21(15-33-7)28-31(6)24(23)34-17(3)12-29(4)13-19-16(2)11-30(5)27-19/h8-11,14,17H,1,12-13,15H2,2-7H3. The highest BCUT2D eigenvalue weighted by atomic mass is 16.5. The van der Waals surface area contributed by atoms with Crippen LogP contribution < -0.4 is 4.74 Å². The Bertz CT molecular complexity index is 1300. The maximum absolute atomic E-state index is 6.44. The minimum atomic E-state index is -0.0979. The molecular weight excluding hydrogens is 432 g/mol. The molecule has 0 aliphatic carbocycles. The lowest BCUT2D eigenvalue weighted by Crippen LogP contribution is -2.31. The quantitative estimate of drug-likeness (QED) is 0.357. The molecule has 4 aromatic heterocycles. The summed E-state index contributed by atoms with van der Waals surface area (Å²) in [6.07, 6.45) is 9.14. The largest absolute Gasteiger partial charge is 0.473 e. The highest BCUT2D eigenvalue weighted by molar-refractivity contribution is 5.69. The van der Waals surface area contributed by atoms with Crippen molar-refractivity contribution in [3.63, 3.8) is 0 Å². The molecular formula is C24H32N8O2. The average molecular weight is 465 g/mol. The second kappa shape index (κ2) is 9.78. The molecule has 4 aromatic rings. The van der Waals surface area contributed by atoms with E-state index in [0.717, 1.165) is 47.1 Å². The zero-order chi connectivity index (χ0) is 24.4. The molecule has 34 heavy (non-hydrogen) atoms. The van der Waals surface area contributed by atoms with E-state index in [2.05, 4.69) is 52.5 Å². The number of aryl methyl sites for hydroxylation is 3. The first kappa shape index (κ1) is 23.7. The second-order valence-electron chi connectivity index (χ2n) is 8.63. The number of imidazole rings is 1. The molecule has 1 atom stereocenters. The van der Waals surface area contributed by atoms with Crippen LogP contribution in [0.5, 0.6) is 5.88 Å². The number of methoxy groups -OCH3 is 1. The fourth-order valence-corrected chi connectivity index (χ4v) is 4.18. The van der Waals surface area contributed by atoms with Crippen LogP contribution in [0.3, 0.4) is 0 Å². The lowest BCUT2D eigenvalue weighted by atomic mass is 10.2. The van der Waals surface area contributed by atoms with Gasteiger partial charge in [0.15, 0.2) is 0 Å². The molecule has 180 valence electrons. The van der Waals surface area contributed by atoms with Crippen molar-refractivity contribution in [1.29, 1.82) is 0 Å². The van der Waals surface area contributed by atoms with Gasteiger partial charge >= 0.3 is 0 Å². The van der Waals surface area contributed by atoms with Gasteiger partial charge in [0.2, 0.25) is 5.88 Å². The van der Waals surface area contributed by atoms with Crippen LogP contribution >= 0.6 is 0 Å². The molecule has 0 fully saturated rings. The number of hydrogen-bond donors (Lipinski definition) is 0. The molecule has 0 aromatic carbocycles. The van der Waals surface area contributed by atoms with Crippen molar-refractivity contribution >= 4 is 11.6 Å². The molecule has 0 aliphatic heterocycles. The average Bonchev–Trinajstić information content (AvgIpc) is 3.43. The zero-order valence-electron chi connectivity index (χ0n) is 20.7. The SMILES string of the molecule is C=Cc1ncc2cnc(-c3c(COC)nn(C)c3OC(C)CN(C)Cc3nn(C)cc3C)cn12. The lowest BCUT2D eigenvalue weighted by molar-refractivity contribution is 0.148. The van der Waals surface area contributed by atoms with Crippen molar-refractivity contribution in [2.75, 3.05) is 20.7 Å². The summed E-state index contributed by atoms with van der Waals surface area (Å²) in [7, 11) is 7.53. The summed E-state index contributed by atoms with van der Waals surface area (Å²) in [5.74, 6) is 1.40. The minimum absolute atomic E-state index is 0.0979. The van der Waals surface area contributed by atoms with E-state index >= 15 is 0 Å². The number of likely N-dealkylation sites (N-methyl/N-ethyl adjacent to an activating group) is 1. The van der Waals surface area contributed by atoms with Gasteiger partial charge in [-0.25, -0.2) is 9.67 Å². The van der Waals surface area contributed by atoms with E-state index in [4.69, 9.17) is 9.47 Å². The van der Waals surface area contributed by atoms with Crippen LogP contribution in [-0.4, -0.2) is 65.6 Å². The van der Waals surface area contributed by atoms with Crippen LogP contribution in [0.4, 0.5) is 0 Å². The van der Waals surface area contributed by atoms with E-state index in [1.807, 2.05) is 35.6 Å². The Balaban J connectivity index is 1.60. The van der Waals surface area contributed by atoms with Crippen molar-refractivity contribution in [2.45, 2.75) is 33.1 Å². The maximum Gasteiger partial charge on any atom is 0.221 e. The van der Waals surface area contributed by atoms with Crippen molar-refractivity contribution in [3.8, 4) is 17.1 Å². The monoisotopic (exact) mass is 464 g/mol. The summed E-state index contributed by atoms with van der Waals surface area (Å²) in [5, 5.41) is 9.21. The van der Waals surface area contributed by atoms with E-state index in [1.165, 1.54) is 5.56 Å².